The van der Waals surface area contributed by atoms with Crippen LogP contribution in [0.5, 0.6) is 0 Å². The number of esters is 1. The monoisotopic (exact) mass is 365 g/mol. The Balaban J connectivity index is 3.95. The number of aliphatic carboxylic acids is 1. The number of nitrogens with zero attached hydrogens (tertiary/aromatic N) is 1. The van der Waals surface area contributed by atoms with Gasteiger partial charge in [0.05, 0.1) is 21.1 Å². The van der Waals surface area contributed by atoms with Crippen molar-refractivity contribution in [3.05, 3.63) is 36.5 Å². The van der Waals surface area contributed by atoms with Crippen molar-refractivity contribution in [2.75, 3.05) is 27.7 Å². The number of ether oxygens (including phenoxy) is 1. The van der Waals surface area contributed by atoms with Crippen LogP contribution >= 0.6 is 0 Å². The van der Waals surface area contributed by atoms with E-state index in [1.807, 2.05) is 45.4 Å². The summed E-state index contributed by atoms with van der Waals surface area (Å²) in [7, 11) is 5.79. The Morgan fingerprint density at radius 3 is 2.23 bits per heavy atom. The van der Waals surface area contributed by atoms with Crippen molar-refractivity contribution in [3.63, 3.8) is 0 Å². The SMILES string of the molecule is CC/C=C/C=C/C=C/CCCCCC(=O)OC(CC(=O)[O-])C[N+](C)(C)C. The van der Waals surface area contributed by atoms with Crippen molar-refractivity contribution in [1.29, 1.82) is 0 Å². The minimum absolute atomic E-state index is 0.257. The smallest absolute Gasteiger partial charge is 0.306 e. The molecule has 0 heterocycles. The predicted molar refractivity (Wildman–Crippen MR) is 103 cm³/mol. The van der Waals surface area contributed by atoms with Gasteiger partial charge in [-0.25, -0.2) is 0 Å². The minimum Gasteiger partial charge on any atom is -0.550 e. The molecular formula is C21H35NO4. The summed E-state index contributed by atoms with van der Waals surface area (Å²) in [6, 6.07) is 0. The lowest BCUT2D eigenvalue weighted by atomic mass is 10.1. The first-order valence-electron chi connectivity index (χ1n) is 9.42. The van der Waals surface area contributed by atoms with Crippen LogP contribution < -0.4 is 5.11 Å². The van der Waals surface area contributed by atoms with Gasteiger partial charge in [0.2, 0.25) is 0 Å². The molecule has 0 N–H and O–H groups in total. The Morgan fingerprint density at radius 2 is 1.65 bits per heavy atom. The number of carbonyl (C=O) groups excluding carboxylic acids is 2. The fourth-order valence-electron chi connectivity index (χ4n) is 2.41. The lowest BCUT2D eigenvalue weighted by Gasteiger charge is -2.29. The largest absolute Gasteiger partial charge is 0.550 e. The van der Waals surface area contributed by atoms with Gasteiger partial charge in [0.15, 0.2) is 6.10 Å². The summed E-state index contributed by atoms with van der Waals surface area (Å²) in [6.45, 7) is 2.55. The van der Waals surface area contributed by atoms with Gasteiger partial charge in [-0.05, 0) is 25.7 Å². The topological polar surface area (TPSA) is 66.4 Å². The van der Waals surface area contributed by atoms with Crippen LogP contribution in [0.15, 0.2) is 36.5 Å². The van der Waals surface area contributed by atoms with E-state index < -0.39 is 12.1 Å². The van der Waals surface area contributed by atoms with Crippen molar-refractivity contribution >= 4 is 11.9 Å². The summed E-state index contributed by atoms with van der Waals surface area (Å²) >= 11 is 0. The molecule has 1 atom stereocenters. The van der Waals surface area contributed by atoms with E-state index in [9.17, 15) is 14.7 Å². The maximum atomic E-state index is 11.9. The Bertz CT molecular complexity index is 487. The van der Waals surface area contributed by atoms with E-state index in [1.165, 1.54) is 0 Å². The molecule has 0 amide bonds. The van der Waals surface area contributed by atoms with Gasteiger partial charge < -0.3 is 19.1 Å². The number of rotatable bonds is 14. The molecule has 0 spiro atoms. The van der Waals surface area contributed by atoms with Gasteiger partial charge in [-0.2, -0.15) is 0 Å². The summed E-state index contributed by atoms with van der Waals surface area (Å²) in [5.74, 6) is -1.52. The van der Waals surface area contributed by atoms with Crippen molar-refractivity contribution in [3.8, 4) is 0 Å². The molecule has 5 heteroatoms. The van der Waals surface area contributed by atoms with Crippen molar-refractivity contribution in [2.45, 2.75) is 58.0 Å². The zero-order valence-electron chi connectivity index (χ0n) is 16.8. The van der Waals surface area contributed by atoms with E-state index in [0.717, 1.165) is 32.1 Å². The fraction of sp³-hybridized carbons (Fsp3) is 0.619. The Kier molecular flexibility index (Phi) is 13.3. The average Bonchev–Trinajstić information content (AvgIpc) is 2.50. The molecule has 1 unspecified atom stereocenters. The minimum atomic E-state index is -1.19. The van der Waals surface area contributed by atoms with E-state index in [0.29, 0.717) is 17.4 Å². The molecule has 0 aromatic rings. The van der Waals surface area contributed by atoms with Crippen LogP contribution in [-0.4, -0.2) is 50.2 Å². The van der Waals surface area contributed by atoms with Crippen molar-refractivity contribution in [1.82, 2.24) is 0 Å². The molecule has 5 nitrogen and oxygen atoms in total. The third-order valence-corrected chi connectivity index (χ3v) is 3.54. The van der Waals surface area contributed by atoms with Gasteiger partial charge in [-0.3, -0.25) is 4.79 Å². The second-order valence-electron chi connectivity index (χ2n) is 7.41. The maximum Gasteiger partial charge on any atom is 0.306 e. The van der Waals surface area contributed by atoms with Crippen LogP contribution in [0.3, 0.4) is 0 Å². The molecule has 0 rings (SSSR count). The molecule has 0 aliphatic carbocycles. The Labute approximate surface area is 158 Å². The zero-order chi connectivity index (χ0) is 19.8. The van der Waals surface area contributed by atoms with Gasteiger partial charge in [0, 0.05) is 18.8 Å². The number of allylic oxidation sites excluding steroid dienone is 6. The normalized spacial score (nSPS) is 13.7. The first-order chi connectivity index (χ1) is 12.2. The van der Waals surface area contributed by atoms with E-state index in [4.69, 9.17) is 4.74 Å². The van der Waals surface area contributed by atoms with Crippen LogP contribution in [0.25, 0.3) is 0 Å². The molecule has 0 bridgehead atoms. The van der Waals surface area contributed by atoms with E-state index in [2.05, 4.69) is 19.1 Å². The quantitative estimate of drug-likeness (QED) is 0.205. The highest BCUT2D eigenvalue weighted by molar-refractivity contribution is 5.70. The lowest BCUT2D eigenvalue weighted by Crippen LogP contribution is -2.45. The first-order valence-corrected chi connectivity index (χ1v) is 9.42. The van der Waals surface area contributed by atoms with Crippen molar-refractivity contribution in [2.24, 2.45) is 0 Å². The maximum absolute atomic E-state index is 11.9. The number of carboxylic acid groups (broad SMARTS) is 1. The van der Waals surface area contributed by atoms with E-state index in [-0.39, 0.29) is 12.4 Å². The molecule has 0 radical (unpaired) electrons. The summed E-state index contributed by atoms with van der Waals surface area (Å²) in [5, 5.41) is 10.8. The molecule has 0 saturated heterocycles. The predicted octanol–water partition coefficient (Wildman–Crippen LogP) is 2.77. The molecule has 0 saturated carbocycles. The highest BCUT2D eigenvalue weighted by Gasteiger charge is 2.22. The molecule has 0 fully saturated rings. The second kappa shape index (κ2) is 14.3. The lowest BCUT2D eigenvalue weighted by molar-refractivity contribution is -0.873. The average molecular weight is 366 g/mol. The van der Waals surface area contributed by atoms with Crippen molar-refractivity contribution < 1.29 is 23.9 Å². The van der Waals surface area contributed by atoms with Crippen LogP contribution in [-0.2, 0) is 14.3 Å². The molecule has 0 aliphatic rings. The van der Waals surface area contributed by atoms with Gasteiger partial charge in [0.25, 0.3) is 0 Å². The standard InChI is InChI=1S/C21H35NO4/c1-5-6-7-8-9-10-11-12-13-14-15-16-21(25)26-19(17-20(23)24)18-22(2,3)4/h6-11,19H,5,12-18H2,1-4H3/b7-6+,9-8+,11-10+. The third-order valence-electron chi connectivity index (χ3n) is 3.54. The van der Waals surface area contributed by atoms with E-state index in [1.54, 1.807) is 0 Å². The van der Waals surface area contributed by atoms with Crippen LogP contribution in [0, 0.1) is 0 Å². The number of carbonyl (C=O) groups is 2. The number of hydrogen-bond donors (Lipinski definition) is 0. The summed E-state index contributed by atoms with van der Waals surface area (Å²) in [5.41, 5.74) is 0. The van der Waals surface area contributed by atoms with Crippen LogP contribution in [0.1, 0.15) is 51.9 Å². The number of unbranched alkanes of at least 4 members (excludes halogenated alkanes) is 3. The summed E-state index contributed by atoms with van der Waals surface area (Å²) in [4.78, 5) is 22.7. The van der Waals surface area contributed by atoms with Crippen LogP contribution in [0.4, 0.5) is 0 Å². The Morgan fingerprint density at radius 1 is 1.00 bits per heavy atom. The fourth-order valence-corrected chi connectivity index (χ4v) is 2.41. The Hall–Kier alpha value is -1.88. The summed E-state index contributed by atoms with van der Waals surface area (Å²) < 4.78 is 5.85. The first kappa shape index (κ1) is 24.1. The van der Waals surface area contributed by atoms with Gasteiger partial charge in [-0.1, -0.05) is 49.8 Å². The molecule has 148 valence electrons. The number of carboxylic acids is 1. The molecule has 0 aromatic heterocycles. The zero-order valence-corrected chi connectivity index (χ0v) is 16.8. The molecule has 0 aliphatic heterocycles. The van der Waals surface area contributed by atoms with Gasteiger partial charge >= 0.3 is 5.97 Å². The van der Waals surface area contributed by atoms with E-state index >= 15 is 0 Å². The second-order valence-corrected chi connectivity index (χ2v) is 7.41. The molecular weight excluding hydrogens is 330 g/mol. The highest BCUT2D eigenvalue weighted by atomic mass is 16.5. The highest BCUT2D eigenvalue weighted by Crippen LogP contribution is 2.09. The number of likely N-dealkylation sites (N-methyl/N-ethyl adjacent to an activating group) is 1. The van der Waals surface area contributed by atoms with Gasteiger partial charge in [0.1, 0.15) is 6.54 Å². The third kappa shape index (κ3) is 17.0. The summed E-state index contributed by atoms with van der Waals surface area (Å²) in [6.07, 6.45) is 16.5. The number of hydrogen-bond acceptors (Lipinski definition) is 4. The molecule has 26 heavy (non-hydrogen) atoms. The number of quaternary nitrogens is 1. The van der Waals surface area contributed by atoms with Gasteiger partial charge in [-0.15, -0.1) is 0 Å². The molecule has 0 aromatic carbocycles. The van der Waals surface area contributed by atoms with Crippen LogP contribution in [0.2, 0.25) is 0 Å².